The maximum absolute atomic E-state index is 13.5. The minimum absolute atomic E-state index is 0.0170. The van der Waals surface area contributed by atoms with E-state index in [0.29, 0.717) is 36.9 Å². The van der Waals surface area contributed by atoms with Crippen molar-refractivity contribution in [2.45, 2.75) is 96.6 Å². The van der Waals surface area contributed by atoms with E-state index in [1.807, 2.05) is 31.9 Å². The lowest BCUT2D eigenvalue weighted by Crippen LogP contribution is -2.56. The van der Waals surface area contributed by atoms with Gasteiger partial charge >= 0.3 is 0 Å². The quantitative estimate of drug-likeness (QED) is 0.616. The van der Waals surface area contributed by atoms with Gasteiger partial charge in [0.2, 0.25) is 11.8 Å². The first-order chi connectivity index (χ1) is 15.9. The number of aromatic amines is 1. The number of carbonyl (C=O) groups excluding carboxylic acids is 2. The Morgan fingerprint density at radius 3 is 2.39 bits per heavy atom. The van der Waals surface area contributed by atoms with E-state index in [9.17, 15) is 9.59 Å². The summed E-state index contributed by atoms with van der Waals surface area (Å²) in [6, 6.07) is -0.634. The monoisotopic (exact) mass is 458 g/mol. The third-order valence-corrected chi connectivity index (χ3v) is 8.50. The molecular formula is C26H42N4O3. The van der Waals surface area contributed by atoms with Crippen LogP contribution in [0.3, 0.4) is 0 Å². The van der Waals surface area contributed by atoms with E-state index < -0.39 is 6.04 Å². The number of likely N-dealkylation sites (tertiary alicyclic amines) is 1. The Morgan fingerprint density at radius 2 is 1.85 bits per heavy atom. The molecule has 0 radical (unpaired) electrons. The molecule has 1 spiro atoms. The largest absolute Gasteiger partial charge is 0.376 e. The summed E-state index contributed by atoms with van der Waals surface area (Å²) in [5.74, 6) is 0.688. The van der Waals surface area contributed by atoms with Gasteiger partial charge in [-0.15, -0.1) is 0 Å². The van der Waals surface area contributed by atoms with Crippen molar-refractivity contribution in [3.63, 3.8) is 0 Å². The number of amides is 2. The van der Waals surface area contributed by atoms with Crippen molar-refractivity contribution in [1.82, 2.24) is 20.2 Å². The van der Waals surface area contributed by atoms with Crippen LogP contribution in [0.25, 0.3) is 0 Å². The van der Waals surface area contributed by atoms with Crippen LogP contribution in [-0.2, 0) is 14.3 Å². The molecule has 1 aromatic heterocycles. The van der Waals surface area contributed by atoms with Crippen molar-refractivity contribution < 1.29 is 14.3 Å². The Balaban J connectivity index is 1.31. The minimum Gasteiger partial charge on any atom is -0.376 e. The van der Waals surface area contributed by atoms with Crippen molar-refractivity contribution in [3.05, 3.63) is 18.2 Å². The molecule has 2 unspecified atom stereocenters. The highest BCUT2D eigenvalue weighted by atomic mass is 16.5. The van der Waals surface area contributed by atoms with Crippen molar-refractivity contribution in [2.24, 2.45) is 17.3 Å². The number of nitrogens with one attached hydrogen (secondary N) is 2. The number of carbonyl (C=O) groups is 2. The zero-order valence-electron chi connectivity index (χ0n) is 20.6. The lowest BCUT2D eigenvalue weighted by Gasteiger charge is -2.47. The van der Waals surface area contributed by atoms with E-state index in [-0.39, 0.29) is 23.8 Å². The molecule has 2 saturated carbocycles. The molecule has 1 aliphatic heterocycles. The molecule has 2 aliphatic carbocycles. The molecule has 1 aromatic rings. The molecule has 2 amide bonds. The van der Waals surface area contributed by atoms with Gasteiger partial charge in [-0.25, -0.2) is 4.98 Å². The molecule has 0 bridgehead atoms. The second kappa shape index (κ2) is 10.6. The topological polar surface area (TPSA) is 87.3 Å². The van der Waals surface area contributed by atoms with E-state index >= 15 is 0 Å². The van der Waals surface area contributed by atoms with E-state index in [4.69, 9.17) is 4.74 Å². The van der Waals surface area contributed by atoms with Crippen molar-refractivity contribution in [1.29, 1.82) is 0 Å². The molecule has 0 aromatic carbocycles. The molecule has 33 heavy (non-hydrogen) atoms. The number of rotatable bonds is 8. The average molecular weight is 459 g/mol. The van der Waals surface area contributed by atoms with Crippen LogP contribution in [0, 0.1) is 17.3 Å². The lowest BCUT2D eigenvalue weighted by molar-refractivity contribution is -0.143. The third kappa shape index (κ3) is 5.79. The van der Waals surface area contributed by atoms with Crippen LogP contribution in [0.1, 0.15) is 90.2 Å². The van der Waals surface area contributed by atoms with Crippen LogP contribution in [0.4, 0.5) is 0 Å². The Hall–Kier alpha value is -1.89. The highest BCUT2D eigenvalue weighted by Crippen LogP contribution is 2.52. The summed E-state index contributed by atoms with van der Waals surface area (Å²) in [6.07, 6.45) is 14.4. The summed E-state index contributed by atoms with van der Waals surface area (Å²) in [5.41, 5.74) is 1.79. The smallest absolute Gasteiger partial charge is 0.247 e. The van der Waals surface area contributed by atoms with E-state index in [1.165, 1.54) is 44.9 Å². The van der Waals surface area contributed by atoms with Crippen LogP contribution in [-0.4, -0.2) is 58.5 Å². The number of ether oxygens (including phenoxy) is 1. The Kier molecular flexibility index (Phi) is 7.77. The van der Waals surface area contributed by atoms with Gasteiger partial charge in [0.1, 0.15) is 6.04 Å². The number of aromatic nitrogens is 2. The second-order valence-electron chi connectivity index (χ2n) is 11.1. The predicted molar refractivity (Wildman–Crippen MR) is 128 cm³/mol. The number of piperidine rings is 1. The Bertz CT molecular complexity index is 771. The number of imidazole rings is 1. The van der Waals surface area contributed by atoms with Gasteiger partial charge in [-0.05, 0) is 69.6 Å². The molecule has 7 heteroatoms. The average Bonchev–Trinajstić information content (AvgIpc) is 3.35. The molecule has 1 saturated heterocycles. The molecule has 4 rings (SSSR count). The molecule has 3 aliphatic rings. The van der Waals surface area contributed by atoms with Gasteiger partial charge in [-0.3, -0.25) is 9.59 Å². The zero-order valence-corrected chi connectivity index (χ0v) is 20.6. The standard InChI is InChI=1S/C26H42N4O3/c1-18(2)24(31)29-23(19(3)33-16-20-5-11-26(12-6-20)9-4-10-26)25(32)30-13-7-21(8-14-30)22-15-27-17-28-22/h15,17-21,23H,4-14,16H2,1-3H3,(H,27,28)(H,29,31). The summed E-state index contributed by atoms with van der Waals surface area (Å²) in [5, 5.41) is 3.00. The molecular weight excluding hydrogens is 416 g/mol. The number of H-pyrrole nitrogens is 1. The van der Waals surface area contributed by atoms with Crippen LogP contribution >= 0.6 is 0 Å². The van der Waals surface area contributed by atoms with Crippen LogP contribution in [0.2, 0.25) is 0 Å². The fourth-order valence-electron chi connectivity index (χ4n) is 5.81. The second-order valence-corrected chi connectivity index (χ2v) is 11.1. The van der Waals surface area contributed by atoms with Crippen LogP contribution < -0.4 is 5.32 Å². The van der Waals surface area contributed by atoms with Gasteiger partial charge in [0.05, 0.1) is 12.4 Å². The molecule has 2 atom stereocenters. The van der Waals surface area contributed by atoms with Crippen molar-refractivity contribution in [3.8, 4) is 0 Å². The molecule has 3 fully saturated rings. The summed E-state index contributed by atoms with van der Waals surface area (Å²) in [4.78, 5) is 35.2. The summed E-state index contributed by atoms with van der Waals surface area (Å²) in [7, 11) is 0. The third-order valence-electron chi connectivity index (χ3n) is 8.50. The fourth-order valence-corrected chi connectivity index (χ4v) is 5.81. The predicted octanol–water partition coefficient (Wildman–Crippen LogP) is 4.02. The van der Waals surface area contributed by atoms with Gasteiger partial charge in [-0.2, -0.15) is 0 Å². The first-order valence-electron chi connectivity index (χ1n) is 13.1. The maximum atomic E-state index is 13.5. The zero-order chi connectivity index (χ0) is 23.4. The fraction of sp³-hybridized carbons (Fsp3) is 0.808. The van der Waals surface area contributed by atoms with E-state index in [0.717, 1.165) is 18.5 Å². The van der Waals surface area contributed by atoms with Gasteiger partial charge in [0.15, 0.2) is 0 Å². The summed E-state index contributed by atoms with van der Waals surface area (Å²) < 4.78 is 6.26. The number of hydrogen-bond donors (Lipinski definition) is 2. The van der Waals surface area contributed by atoms with E-state index in [2.05, 4.69) is 15.3 Å². The number of hydrogen-bond acceptors (Lipinski definition) is 4. The molecule has 7 nitrogen and oxygen atoms in total. The highest BCUT2D eigenvalue weighted by Gasteiger charge is 2.40. The molecule has 184 valence electrons. The summed E-state index contributed by atoms with van der Waals surface area (Å²) >= 11 is 0. The Morgan fingerprint density at radius 1 is 1.15 bits per heavy atom. The van der Waals surface area contributed by atoms with Gasteiger partial charge < -0.3 is 19.9 Å². The van der Waals surface area contributed by atoms with E-state index in [1.54, 1.807) is 6.33 Å². The Labute approximate surface area is 198 Å². The molecule has 2 heterocycles. The first-order valence-corrected chi connectivity index (χ1v) is 13.1. The normalized spacial score (nSPS) is 23.3. The van der Waals surface area contributed by atoms with Crippen molar-refractivity contribution >= 4 is 11.8 Å². The summed E-state index contributed by atoms with van der Waals surface area (Å²) in [6.45, 7) is 7.71. The van der Waals surface area contributed by atoms with Gasteiger partial charge in [0.25, 0.3) is 0 Å². The first kappa shape index (κ1) is 24.2. The van der Waals surface area contributed by atoms with Gasteiger partial charge in [-0.1, -0.05) is 20.3 Å². The highest BCUT2D eigenvalue weighted by molar-refractivity contribution is 5.88. The minimum atomic E-state index is -0.634. The lowest BCUT2D eigenvalue weighted by atomic mass is 9.59. The SMILES string of the molecule is CC(C)C(=O)NC(C(=O)N1CCC(c2cnc[nH]2)CC1)C(C)OCC1CCC2(CCC2)CC1. The maximum Gasteiger partial charge on any atom is 0.247 e. The van der Waals surface area contributed by atoms with Crippen LogP contribution in [0.5, 0.6) is 0 Å². The van der Waals surface area contributed by atoms with Crippen molar-refractivity contribution in [2.75, 3.05) is 19.7 Å². The molecule has 2 N–H and O–H groups in total. The number of nitrogens with zero attached hydrogens (tertiary/aromatic N) is 2. The van der Waals surface area contributed by atoms with Gasteiger partial charge in [0, 0.05) is 43.4 Å². The van der Waals surface area contributed by atoms with Crippen LogP contribution in [0.15, 0.2) is 12.5 Å².